The van der Waals surface area contributed by atoms with Gasteiger partial charge in [-0.25, -0.2) is 9.78 Å². The molecule has 3 heterocycles. The number of hydrogen-bond acceptors (Lipinski definition) is 5. The number of thiazole rings is 1. The second kappa shape index (κ2) is 4.95. The molecule has 1 aliphatic carbocycles. The molecule has 2 unspecified atom stereocenters. The van der Waals surface area contributed by atoms with Crippen LogP contribution < -0.4 is 4.90 Å². The third-order valence-corrected chi connectivity index (χ3v) is 6.08. The first-order chi connectivity index (χ1) is 10.1. The van der Waals surface area contributed by atoms with Gasteiger partial charge in [0.05, 0.1) is 5.69 Å². The fourth-order valence-corrected chi connectivity index (χ4v) is 4.79. The Morgan fingerprint density at radius 1 is 1.33 bits per heavy atom. The van der Waals surface area contributed by atoms with Gasteiger partial charge in [0.2, 0.25) is 0 Å². The SMILES string of the molecule is CC1CN2CCCC2CN1c1nc(C2CC2)c(C(=O)O)s1. The van der Waals surface area contributed by atoms with Gasteiger partial charge in [-0.15, -0.1) is 0 Å². The number of rotatable bonds is 3. The van der Waals surface area contributed by atoms with Crippen LogP contribution in [0.4, 0.5) is 5.13 Å². The van der Waals surface area contributed by atoms with Gasteiger partial charge in [-0.2, -0.15) is 0 Å². The van der Waals surface area contributed by atoms with Gasteiger partial charge in [-0.05, 0) is 39.2 Å². The highest BCUT2D eigenvalue weighted by molar-refractivity contribution is 7.17. The average molecular weight is 307 g/mol. The Kier molecular flexibility index (Phi) is 3.19. The summed E-state index contributed by atoms with van der Waals surface area (Å²) in [4.78, 5) is 21.6. The molecule has 2 saturated heterocycles. The van der Waals surface area contributed by atoms with E-state index < -0.39 is 5.97 Å². The number of piperazine rings is 1. The minimum absolute atomic E-state index is 0.393. The highest BCUT2D eigenvalue weighted by Crippen LogP contribution is 2.44. The van der Waals surface area contributed by atoms with E-state index in [0.717, 1.165) is 36.8 Å². The molecule has 4 rings (SSSR count). The summed E-state index contributed by atoms with van der Waals surface area (Å²) in [7, 11) is 0. The maximum atomic E-state index is 11.5. The van der Waals surface area contributed by atoms with Crippen LogP contribution in [0.1, 0.15) is 53.9 Å². The van der Waals surface area contributed by atoms with Crippen LogP contribution in [0.5, 0.6) is 0 Å². The number of carbonyl (C=O) groups is 1. The second-order valence-electron chi connectivity index (χ2n) is 6.58. The molecule has 0 bridgehead atoms. The summed E-state index contributed by atoms with van der Waals surface area (Å²) in [5.41, 5.74) is 0.837. The molecule has 21 heavy (non-hydrogen) atoms. The van der Waals surface area contributed by atoms with Crippen LogP contribution in [0.2, 0.25) is 0 Å². The van der Waals surface area contributed by atoms with Crippen LogP contribution in [-0.4, -0.2) is 52.7 Å². The summed E-state index contributed by atoms with van der Waals surface area (Å²) in [6.07, 6.45) is 4.73. The third-order valence-electron chi connectivity index (χ3n) is 4.98. The van der Waals surface area contributed by atoms with E-state index in [2.05, 4.69) is 16.7 Å². The highest BCUT2D eigenvalue weighted by atomic mass is 32.1. The van der Waals surface area contributed by atoms with Crippen LogP contribution in [0.15, 0.2) is 0 Å². The number of aromatic carboxylic acids is 1. The van der Waals surface area contributed by atoms with Gasteiger partial charge < -0.3 is 10.0 Å². The molecular formula is C15H21N3O2S. The van der Waals surface area contributed by atoms with E-state index in [1.54, 1.807) is 0 Å². The lowest BCUT2D eigenvalue weighted by Crippen LogP contribution is -2.55. The van der Waals surface area contributed by atoms with E-state index in [0.29, 0.717) is 22.9 Å². The third kappa shape index (κ3) is 2.34. The zero-order valence-corrected chi connectivity index (χ0v) is 13.1. The van der Waals surface area contributed by atoms with Crippen molar-refractivity contribution < 1.29 is 9.90 Å². The zero-order valence-electron chi connectivity index (χ0n) is 12.3. The Bertz CT molecular complexity index is 569. The molecule has 3 fully saturated rings. The Hall–Kier alpha value is -1.14. The van der Waals surface area contributed by atoms with E-state index in [-0.39, 0.29) is 0 Å². The molecule has 1 N–H and O–H groups in total. The smallest absolute Gasteiger partial charge is 0.347 e. The van der Waals surface area contributed by atoms with Crippen LogP contribution >= 0.6 is 11.3 Å². The van der Waals surface area contributed by atoms with Crippen molar-refractivity contribution in [1.82, 2.24) is 9.88 Å². The summed E-state index contributed by atoms with van der Waals surface area (Å²) in [5, 5.41) is 10.3. The molecule has 5 nitrogen and oxygen atoms in total. The topological polar surface area (TPSA) is 56.7 Å². The maximum Gasteiger partial charge on any atom is 0.347 e. The van der Waals surface area contributed by atoms with Gasteiger partial charge >= 0.3 is 5.97 Å². The molecule has 0 spiro atoms. The number of anilines is 1. The summed E-state index contributed by atoms with van der Waals surface area (Å²) in [5.74, 6) is -0.419. The van der Waals surface area contributed by atoms with Gasteiger partial charge in [-0.3, -0.25) is 4.90 Å². The first-order valence-corrected chi connectivity index (χ1v) is 8.70. The summed E-state index contributed by atoms with van der Waals surface area (Å²) in [6.45, 7) is 5.52. The largest absolute Gasteiger partial charge is 0.477 e. The van der Waals surface area contributed by atoms with Crippen LogP contribution in [0, 0.1) is 0 Å². The van der Waals surface area contributed by atoms with Crippen LogP contribution in [0.3, 0.4) is 0 Å². The number of hydrogen-bond donors (Lipinski definition) is 1. The summed E-state index contributed by atoms with van der Waals surface area (Å²) in [6, 6.07) is 1.04. The predicted molar refractivity (Wildman–Crippen MR) is 82.5 cm³/mol. The summed E-state index contributed by atoms with van der Waals surface area (Å²) >= 11 is 1.38. The Morgan fingerprint density at radius 3 is 2.86 bits per heavy atom. The Morgan fingerprint density at radius 2 is 2.14 bits per heavy atom. The van der Waals surface area contributed by atoms with Crippen molar-refractivity contribution in [2.24, 2.45) is 0 Å². The molecule has 2 atom stereocenters. The van der Waals surface area contributed by atoms with Gasteiger partial charge in [0.25, 0.3) is 0 Å². The zero-order chi connectivity index (χ0) is 14.6. The molecule has 6 heteroatoms. The molecule has 114 valence electrons. The predicted octanol–water partition coefficient (Wildman–Crippen LogP) is 2.39. The second-order valence-corrected chi connectivity index (χ2v) is 7.56. The number of fused-ring (bicyclic) bond motifs is 1. The van der Waals surface area contributed by atoms with Gasteiger partial charge in [0.15, 0.2) is 5.13 Å². The quantitative estimate of drug-likeness (QED) is 0.929. The average Bonchev–Trinajstić information content (AvgIpc) is 3.03. The van der Waals surface area contributed by atoms with E-state index in [4.69, 9.17) is 4.98 Å². The van der Waals surface area contributed by atoms with Gasteiger partial charge in [0, 0.05) is 31.1 Å². The molecule has 0 aromatic carbocycles. The molecule has 1 aromatic heterocycles. The van der Waals surface area contributed by atoms with Crippen molar-refractivity contribution in [1.29, 1.82) is 0 Å². The van der Waals surface area contributed by atoms with Crippen molar-refractivity contribution in [3.05, 3.63) is 10.6 Å². The number of carboxylic acid groups (broad SMARTS) is 1. The van der Waals surface area contributed by atoms with Crippen molar-refractivity contribution in [3.8, 4) is 0 Å². The van der Waals surface area contributed by atoms with Crippen molar-refractivity contribution in [2.45, 2.75) is 50.6 Å². The fraction of sp³-hybridized carbons (Fsp3) is 0.733. The van der Waals surface area contributed by atoms with Gasteiger partial charge in [0.1, 0.15) is 4.88 Å². The molecule has 0 amide bonds. The van der Waals surface area contributed by atoms with Crippen molar-refractivity contribution >= 4 is 22.4 Å². The number of carboxylic acids is 1. The van der Waals surface area contributed by atoms with E-state index in [9.17, 15) is 9.90 Å². The van der Waals surface area contributed by atoms with E-state index >= 15 is 0 Å². The molecule has 0 radical (unpaired) electrons. The molecule has 3 aliphatic rings. The highest BCUT2D eigenvalue weighted by Gasteiger charge is 2.38. The van der Waals surface area contributed by atoms with Crippen molar-refractivity contribution in [3.63, 3.8) is 0 Å². The minimum atomic E-state index is -0.812. The minimum Gasteiger partial charge on any atom is -0.477 e. The number of nitrogens with zero attached hydrogens (tertiary/aromatic N) is 3. The Labute approximate surface area is 128 Å². The molecule has 2 aliphatic heterocycles. The van der Waals surface area contributed by atoms with E-state index in [1.165, 1.54) is 30.7 Å². The lowest BCUT2D eigenvalue weighted by molar-refractivity contribution is 0.0700. The Balaban J connectivity index is 1.63. The molecular weight excluding hydrogens is 286 g/mol. The van der Waals surface area contributed by atoms with Crippen LogP contribution in [0.25, 0.3) is 0 Å². The maximum absolute atomic E-state index is 11.5. The standard InChI is InChI=1S/C15H21N3O2S/c1-9-7-17-6-2-3-11(17)8-18(9)15-16-12(10-4-5-10)13(21-15)14(19)20/h9-11H,2-8H2,1H3,(H,19,20). The monoisotopic (exact) mass is 307 g/mol. The van der Waals surface area contributed by atoms with Gasteiger partial charge in [-0.1, -0.05) is 11.3 Å². The molecule has 1 aromatic rings. The van der Waals surface area contributed by atoms with Crippen molar-refractivity contribution in [2.75, 3.05) is 24.5 Å². The fourth-order valence-electron chi connectivity index (χ4n) is 3.68. The van der Waals surface area contributed by atoms with E-state index in [1.807, 2.05) is 0 Å². The lowest BCUT2D eigenvalue weighted by atomic mass is 10.1. The summed E-state index contributed by atoms with van der Waals surface area (Å²) < 4.78 is 0. The van der Waals surface area contributed by atoms with Crippen LogP contribution in [-0.2, 0) is 0 Å². The normalized spacial score (nSPS) is 29.7. The number of aromatic nitrogens is 1. The lowest BCUT2D eigenvalue weighted by Gasteiger charge is -2.42. The first kappa shape index (κ1) is 13.5. The first-order valence-electron chi connectivity index (χ1n) is 7.88. The molecule has 1 saturated carbocycles.